The Bertz CT molecular complexity index is 227. The first-order valence-electron chi connectivity index (χ1n) is 5.94. The van der Waals surface area contributed by atoms with E-state index >= 15 is 0 Å². The highest BCUT2D eigenvalue weighted by Gasteiger charge is 2.38. The zero-order valence-corrected chi connectivity index (χ0v) is 10.3. The fourth-order valence-corrected chi connectivity index (χ4v) is 1.96. The van der Waals surface area contributed by atoms with Crippen molar-refractivity contribution in [1.29, 1.82) is 0 Å². The minimum Gasteiger partial charge on any atom is -0.379 e. The standard InChI is InChI=1S/C11H23N3O2/c1-3-16-9-11(2,10(12)15)14-7-4-5-13-6-8-14/h13H,3-9H2,1-2H3,(H2,12,15). The fraction of sp³-hybridized carbons (Fsp3) is 0.909. The molecule has 1 atom stereocenters. The molecule has 1 saturated heterocycles. The van der Waals surface area contributed by atoms with Gasteiger partial charge in [-0.05, 0) is 26.8 Å². The largest absolute Gasteiger partial charge is 0.379 e. The van der Waals surface area contributed by atoms with Crippen LogP contribution in [-0.4, -0.2) is 55.7 Å². The number of carbonyl (C=O) groups excluding carboxylic acids is 1. The number of hydrogen-bond acceptors (Lipinski definition) is 4. The number of nitrogens with two attached hydrogens (primary N) is 1. The van der Waals surface area contributed by atoms with Crippen LogP contribution in [0.2, 0.25) is 0 Å². The van der Waals surface area contributed by atoms with Gasteiger partial charge < -0.3 is 15.8 Å². The molecule has 5 heteroatoms. The second-order valence-electron chi connectivity index (χ2n) is 4.37. The van der Waals surface area contributed by atoms with Gasteiger partial charge in [0, 0.05) is 26.2 Å². The van der Waals surface area contributed by atoms with Crippen molar-refractivity contribution in [2.75, 3.05) is 39.4 Å². The Morgan fingerprint density at radius 3 is 2.88 bits per heavy atom. The highest BCUT2D eigenvalue weighted by atomic mass is 16.5. The normalized spacial score (nSPS) is 22.4. The van der Waals surface area contributed by atoms with E-state index in [4.69, 9.17) is 10.5 Å². The molecule has 5 nitrogen and oxygen atoms in total. The first kappa shape index (κ1) is 13.4. The van der Waals surface area contributed by atoms with Crippen LogP contribution in [0.5, 0.6) is 0 Å². The Kier molecular flexibility index (Phi) is 5.18. The molecule has 1 heterocycles. The molecule has 1 fully saturated rings. The van der Waals surface area contributed by atoms with Crippen molar-refractivity contribution >= 4 is 5.91 Å². The Balaban J connectivity index is 2.69. The third kappa shape index (κ3) is 3.17. The molecular formula is C11H23N3O2. The lowest BCUT2D eigenvalue weighted by molar-refractivity contribution is -0.133. The van der Waals surface area contributed by atoms with Crippen molar-refractivity contribution in [3.63, 3.8) is 0 Å². The molecule has 0 aliphatic carbocycles. The van der Waals surface area contributed by atoms with Crippen LogP contribution < -0.4 is 11.1 Å². The molecule has 0 aromatic carbocycles. The topological polar surface area (TPSA) is 67.6 Å². The predicted octanol–water partition coefficient (Wildman–Crippen LogP) is -0.438. The van der Waals surface area contributed by atoms with E-state index < -0.39 is 5.54 Å². The highest BCUT2D eigenvalue weighted by Crippen LogP contribution is 2.16. The first-order chi connectivity index (χ1) is 7.61. The van der Waals surface area contributed by atoms with Gasteiger partial charge in [-0.15, -0.1) is 0 Å². The zero-order valence-electron chi connectivity index (χ0n) is 10.3. The summed E-state index contributed by atoms with van der Waals surface area (Å²) in [7, 11) is 0. The van der Waals surface area contributed by atoms with E-state index in [1.165, 1.54) is 0 Å². The van der Waals surface area contributed by atoms with E-state index in [1.54, 1.807) is 0 Å². The van der Waals surface area contributed by atoms with E-state index in [9.17, 15) is 4.79 Å². The summed E-state index contributed by atoms with van der Waals surface area (Å²) in [6.45, 7) is 8.40. The maximum atomic E-state index is 11.6. The van der Waals surface area contributed by atoms with E-state index in [0.717, 1.165) is 32.6 Å². The van der Waals surface area contributed by atoms with E-state index in [-0.39, 0.29) is 5.91 Å². The van der Waals surface area contributed by atoms with E-state index in [2.05, 4.69) is 10.2 Å². The third-order valence-corrected chi connectivity index (χ3v) is 3.16. The quantitative estimate of drug-likeness (QED) is 0.671. The molecule has 0 aromatic heterocycles. The van der Waals surface area contributed by atoms with Gasteiger partial charge in [0.05, 0.1) is 6.61 Å². The van der Waals surface area contributed by atoms with Crippen molar-refractivity contribution in [2.24, 2.45) is 5.73 Å². The Hall–Kier alpha value is -0.650. The number of amides is 1. The van der Waals surface area contributed by atoms with Crippen LogP contribution >= 0.6 is 0 Å². The van der Waals surface area contributed by atoms with Gasteiger partial charge in [-0.1, -0.05) is 0 Å². The van der Waals surface area contributed by atoms with Gasteiger partial charge in [-0.25, -0.2) is 0 Å². The molecule has 0 spiro atoms. The van der Waals surface area contributed by atoms with Crippen LogP contribution in [0, 0.1) is 0 Å². The minimum absolute atomic E-state index is 0.303. The lowest BCUT2D eigenvalue weighted by atomic mass is 9.99. The predicted molar refractivity (Wildman–Crippen MR) is 63.2 cm³/mol. The molecular weight excluding hydrogens is 206 g/mol. The summed E-state index contributed by atoms with van der Waals surface area (Å²) in [4.78, 5) is 13.7. The third-order valence-electron chi connectivity index (χ3n) is 3.16. The molecule has 3 N–H and O–H groups in total. The van der Waals surface area contributed by atoms with Gasteiger partial charge in [-0.3, -0.25) is 9.69 Å². The second-order valence-corrected chi connectivity index (χ2v) is 4.37. The molecule has 1 amide bonds. The van der Waals surface area contributed by atoms with Crippen LogP contribution in [0.1, 0.15) is 20.3 Å². The lowest BCUT2D eigenvalue weighted by Crippen LogP contribution is -2.59. The summed E-state index contributed by atoms with van der Waals surface area (Å²) in [5, 5.41) is 3.31. The SMILES string of the molecule is CCOCC(C)(C(N)=O)N1CCCNCC1. The second kappa shape index (κ2) is 6.18. The van der Waals surface area contributed by atoms with Gasteiger partial charge in [0.15, 0.2) is 0 Å². The molecule has 1 aliphatic rings. The molecule has 0 bridgehead atoms. The molecule has 16 heavy (non-hydrogen) atoms. The smallest absolute Gasteiger partial charge is 0.240 e. The number of nitrogens with zero attached hydrogens (tertiary/aromatic N) is 1. The van der Waals surface area contributed by atoms with Gasteiger partial charge in [0.1, 0.15) is 5.54 Å². The molecule has 1 aliphatic heterocycles. The molecule has 1 rings (SSSR count). The van der Waals surface area contributed by atoms with Crippen molar-refractivity contribution in [1.82, 2.24) is 10.2 Å². The summed E-state index contributed by atoms with van der Waals surface area (Å²) in [5.74, 6) is -0.303. The van der Waals surface area contributed by atoms with Crippen LogP contribution in [0.25, 0.3) is 0 Å². The average Bonchev–Trinajstić information content (AvgIpc) is 2.54. The summed E-state index contributed by atoms with van der Waals surface area (Å²) in [5.41, 5.74) is 4.83. The van der Waals surface area contributed by atoms with Crippen molar-refractivity contribution < 1.29 is 9.53 Å². The minimum atomic E-state index is -0.679. The average molecular weight is 229 g/mol. The van der Waals surface area contributed by atoms with E-state index in [1.807, 2.05) is 13.8 Å². The van der Waals surface area contributed by atoms with Crippen molar-refractivity contribution in [3.8, 4) is 0 Å². The van der Waals surface area contributed by atoms with Gasteiger partial charge in [-0.2, -0.15) is 0 Å². The molecule has 94 valence electrons. The number of primary amides is 1. The van der Waals surface area contributed by atoms with Crippen LogP contribution in [0.3, 0.4) is 0 Å². The van der Waals surface area contributed by atoms with Crippen LogP contribution in [0.15, 0.2) is 0 Å². The number of hydrogen-bond donors (Lipinski definition) is 2. The Morgan fingerprint density at radius 1 is 1.50 bits per heavy atom. The highest BCUT2D eigenvalue weighted by molar-refractivity contribution is 5.84. The number of carbonyl (C=O) groups is 1. The summed E-state index contributed by atoms with van der Waals surface area (Å²) in [6.07, 6.45) is 1.04. The number of ether oxygens (including phenoxy) is 1. The molecule has 1 unspecified atom stereocenters. The Morgan fingerprint density at radius 2 is 2.25 bits per heavy atom. The van der Waals surface area contributed by atoms with Gasteiger partial charge >= 0.3 is 0 Å². The Labute approximate surface area is 97.3 Å². The summed E-state index contributed by atoms with van der Waals surface area (Å²) < 4.78 is 5.39. The molecule has 0 saturated carbocycles. The zero-order chi connectivity index (χ0) is 12.0. The van der Waals surface area contributed by atoms with Crippen LogP contribution in [0.4, 0.5) is 0 Å². The maximum Gasteiger partial charge on any atom is 0.240 e. The fourth-order valence-electron chi connectivity index (χ4n) is 1.96. The molecule has 0 radical (unpaired) electrons. The first-order valence-corrected chi connectivity index (χ1v) is 5.94. The summed E-state index contributed by atoms with van der Waals surface area (Å²) >= 11 is 0. The van der Waals surface area contributed by atoms with Crippen LogP contribution in [-0.2, 0) is 9.53 Å². The lowest BCUT2D eigenvalue weighted by Gasteiger charge is -2.37. The van der Waals surface area contributed by atoms with Crippen molar-refractivity contribution in [2.45, 2.75) is 25.8 Å². The van der Waals surface area contributed by atoms with Crippen molar-refractivity contribution in [3.05, 3.63) is 0 Å². The van der Waals surface area contributed by atoms with Gasteiger partial charge in [0.25, 0.3) is 0 Å². The summed E-state index contributed by atoms with van der Waals surface area (Å²) in [6, 6.07) is 0. The maximum absolute atomic E-state index is 11.6. The number of rotatable bonds is 5. The molecule has 0 aromatic rings. The monoisotopic (exact) mass is 229 g/mol. The number of nitrogens with one attached hydrogen (secondary N) is 1. The van der Waals surface area contributed by atoms with Gasteiger partial charge in [0.2, 0.25) is 5.91 Å². The van der Waals surface area contributed by atoms with E-state index in [0.29, 0.717) is 13.2 Å².